The standard InChI is InChI=1S/C10H12BrN3O/c1-7-2-4-14(5-3-7)9-8(11)10(15)13-6-12-9/h2,6H,3-5H2,1H3,(H,12,13,15). The summed E-state index contributed by atoms with van der Waals surface area (Å²) in [5, 5.41) is 0. The molecule has 1 N–H and O–H groups in total. The number of aromatic nitrogens is 2. The largest absolute Gasteiger partial charge is 0.351 e. The second-order valence-corrected chi connectivity index (χ2v) is 4.41. The first-order valence-corrected chi connectivity index (χ1v) is 5.61. The zero-order valence-electron chi connectivity index (χ0n) is 8.46. The third-order valence-corrected chi connectivity index (χ3v) is 3.23. The Morgan fingerprint density at radius 2 is 2.40 bits per heavy atom. The molecule has 0 fully saturated rings. The van der Waals surface area contributed by atoms with Crippen LogP contribution in [0, 0.1) is 0 Å². The van der Waals surface area contributed by atoms with Crippen LogP contribution in [-0.4, -0.2) is 23.1 Å². The molecule has 15 heavy (non-hydrogen) atoms. The highest BCUT2D eigenvalue weighted by molar-refractivity contribution is 9.10. The van der Waals surface area contributed by atoms with Crippen molar-refractivity contribution in [2.45, 2.75) is 13.3 Å². The number of halogens is 1. The van der Waals surface area contributed by atoms with E-state index in [-0.39, 0.29) is 5.56 Å². The van der Waals surface area contributed by atoms with E-state index >= 15 is 0 Å². The van der Waals surface area contributed by atoms with Crippen molar-refractivity contribution in [2.24, 2.45) is 0 Å². The Morgan fingerprint density at radius 1 is 1.60 bits per heavy atom. The van der Waals surface area contributed by atoms with E-state index in [0.717, 1.165) is 25.3 Å². The predicted molar refractivity (Wildman–Crippen MR) is 63.1 cm³/mol. The highest BCUT2D eigenvalue weighted by atomic mass is 79.9. The van der Waals surface area contributed by atoms with Gasteiger partial charge in [-0.25, -0.2) is 4.98 Å². The van der Waals surface area contributed by atoms with Gasteiger partial charge in [-0.3, -0.25) is 4.79 Å². The maximum atomic E-state index is 11.4. The van der Waals surface area contributed by atoms with E-state index in [4.69, 9.17) is 0 Å². The van der Waals surface area contributed by atoms with Gasteiger partial charge in [0.2, 0.25) is 0 Å². The Kier molecular flexibility index (Phi) is 2.90. The Labute approximate surface area is 96.2 Å². The van der Waals surface area contributed by atoms with Gasteiger partial charge >= 0.3 is 0 Å². The molecule has 0 aromatic carbocycles. The fourth-order valence-electron chi connectivity index (χ4n) is 1.56. The summed E-state index contributed by atoms with van der Waals surface area (Å²) in [5.41, 5.74) is 1.26. The fourth-order valence-corrected chi connectivity index (χ4v) is 2.02. The Bertz CT molecular complexity index is 452. The normalized spacial score (nSPS) is 16.4. The SMILES string of the molecule is CC1=CCN(c2nc[nH]c(=O)c2Br)CC1. The smallest absolute Gasteiger partial charge is 0.267 e. The van der Waals surface area contributed by atoms with Crippen molar-refractivity contribution in [1.82, 2.24) is 9.97 Å². The molecule has 0 spiro atoms. The van der Waals surface area contributed by atoms with Crippen molar-refractivity contribution in [2.75, 3.05) is 18.0 Å². The first-order valence-electron chi connectivity index (χ1n) is 4.82. The van der Waals surface area contributed by atoms with Gasteiger partial charge in [0.05, 0.1) is 6.33 Å². The summed E-state index contributed by atoms with van der Waals surface area (Å²) >= 11 is 3.26. The lowest BCUT2D eigenvalue weighted by molar-refractivity contribution is 0.769. The van der Waals surface area contributed by atoms with E-state index < -0.39 is 0 Å². The lowest BCUT2D eigenvalue weighted by atomic mass is 10.1. The first kappa shape index (κ1) is 10.4. The average molecular weight is 270 g/mol. The molecule has 1 aliphatic rings. The molecule has 0 atom stereocenters. The van der Waals surface area contributed by atoms with Crippen LogP contribution in [0.2, 0.25) is 0 Å². The summed E-state index contributed by atoms with van der Waals surface area (Å²) in [6, 6.07) is 0. The van der Waals surface area contributed by atoms with Gasteiger partial charge in [0.15, 0.2) is 5.82 Å². The molecule has 0 aliphatic carbocycles. The molecule has 1 aromatic rings. The van der Waals surface area contributed by atoms with Crippen molar-refractivity contribution >= 4 is 21.7 Å². The van der Waals surface area contributed by atoms with Crippen LogP contribution in [0.15, 0.2) is 27.2 Å². The van der Waals surface area contributed by atoms with Crippen LogP contribution in [0.4, 0.5) is 5.82 Å². The van der Waals surface area contributed by atoms with Crippen LogP contribution in [0.3, 0.4) is 0 Å². The van der Waals surface area contributed by atoms with Gasteiger partial charge < -0.3 is 9.88 Å². The van der Waals surface area contributed by atoms with Crippen LogP contribution >= 0.6 is 15.9 Å². The minimum absolute atomic E-state index is 0.133. The van der Waals surface area contributed by atoms with Crippen LogP contribution < -0.4 is 10.5 Å². The maximum absolute atomic E-state index is 11.4. The summed E-state index contributed by atoms with van der Waals surface area (Å²) in [5.74, 6) is 0.725. The molecule has 1 aliphatic heterocycles. The number of anilines is 1. The molecule has 0 saturated heterocycles. The minimum atomic E-state index is -0.133. The molecule has 0 bridgehead atoms. The molecule has 4 nitrogen and oxygen atoms in total. The Balaban J connectivity index is 2.31. The molecular weight excluding hydrogens is 258 g/mol. The zero-order chi connectivity index (χ0) is 10.8. The molecule has 1 aromatic heterocycles. The zero-order valence-corrected chi connectivity index (χ0v) is 10.0. The third-order valence-electron chi connectivity index (χ3n) is 2.51. The van der Waals surface area contributed by atoms with Gasteiger partial charge in [-0.05, 0) is 29.3 Å². The van der Waals surface area contributed by atoms with Gasteiger partial charge in [0.1, 0.15) is 4.47 Å². The van der Waals surface area contributed by atoms with Crippen LogP contribution in [0.25, 0.3) is 0 Å². The molecule has 5 heteroatoms. The average Bonchev–Trinajstić information content (AvgIpc) is 2.24. The van der Waals surface area contributed by atoms with Crippen LogP contribution in [0.5, 0.6) is 0 Å². The van der Waals surface area contributed by atoms with E-state index in [1.165, 1.54) is 11.9 Å². The van der Waals surface area contributed by atoms with Gasteiger partial charge in [0.25, 0.3) is 5.56 Å². The van der Waals surface area contributed by atoms with Crippen molar-refractivity contribution in [1.29, 1.82) is 0 Å². The predicted octanol–water partition coefficient (Wildman–Crippen LogP) is 1.69. The first-order chi connectivity index (χ1) is 7.18. The highest BCUT2D eigenvalue weighted by Crippen LogP contribution is 2.22. The van der Waals surface area contributed by atoms with Crippen molar-refractivity contribution in [3.63, 3.8) is 0 Å². The number of rotatable bonds is 1. The Hall–Kier alpha value is -1.10. The molecular formula is C10H12BrN3O. The number of nitrogens with one attached hydrogen (secondary N) is 1. The second kappa shape index (κ2) is 4.18. The van der Waals surface area contributed by atoms with Crippen LogP contribution in [-0.2, 0) is 0 Å². The lowest BCUT2D eigenvalue weighted by Crippen LogP contribution is -2.30. The Morgan fingerprint density at radius 3 is 3.07 bits per heavy atom. The number of nitrogens with zero attached hydrogens (tertiary/aromatic N) is 2. The monoisotopic (exact) mass is 269 g/mol. The highest BCUT2D eigenvalue weighted by Gasteiger charge is 2.15. The van der Waals surface area contributed by atoms with E-state index in [0.29, 0.717) is 4.47 Å². The second-order valence-electron chi connectivity index (χ2n) is 3.62. The quantitative estimate of drug-likeness (QED) is 0.790. The summed E-state index contributed by atoms with van der Waals surface area (Å²) in [4.78, 5) is 20.2. The fraction of sp³-hybridized carbons (Fsp3) is 0.400. The minimum Gasteiger partial charge on any atom is -0.351 e. The van der Waals surface area contributed by atoms with Gasteiger partial charge in [0, 0.05) is 13.1 Å². The number of hydrogen-bond donors (Lipinski definition) is 1. The maximum Gasteiger partial charge on any atom is 0.267 e. The molecule has 80 valence electrons. The number of H-pyrrole nitrogens is 1. The van der Waals surface area contributed by atoms with E-state index in [9.17, 15) is 4.79 Å². The summed E-state index contributed by atoms with van der Waals surface area (Å²) in [6.45, 7) is 3.86. The lowest BCUT2D eigenvalue weighted by Gasteiger charge is -2.26. The molecule has 2 rings (SSSR count). The van der Waals surface area contributed by atoms with Crippen molar-refractivity contribution < 1.29 is 0 Å². The number of aromatic amines is 1. The summed E-state index contributed by atoms with van der Waals surface area (Å²) in [6.07, 6.45) is 4.63. The molecule has 0 unspecified atom stereocenters. The summed E-state index contributed by atoms with van der Waals surface area (Å²) < 4.78 is 0.512. The van der Waals surface area contributed by atoms with E-state index in [2.05, 4.69) is 43.8 Å². The summed E-state index contributed by atoms with van der Waals surface area (Å²) in [7, 11) is 0. The van der Waals surface area contributed by atoms with Crippen molar-refractivity contribution in [3.05, 3.63) is 32.8 Å². The van der Waals surface area contributed by atoms with E-state index in [1.807, 2.05) is 0 Å². The van der Waals surface area contributed by atoms with Crippen molar-refractivity contribution in [3.8, 4) is 0 Å². The van der Waals surface area contributed by atoms with E-state index in [1.54, 1.807) is 0 Å². The topological polar surface area (TPSA) is 49.0 Å². The van der Waals surface area contributed by atoms with Gasteiger partial charge in [-0.1, -0.05) is 11.6 Å². The molecule has 0 radical (unpaired) electrons. The molecule has 0 saturated carbocycles. The molecule has 2 heterocycles. The van der Waals surface area contributed by atoms with Crippen LogP contribution in [0.1, 0.15) is 13.3 Å². The van der Waals surface area contributed by atoms with Gasteiger partial charge in [-0.2, -0.15) is 0 Å². The van der Waals surface area contributed by atoms with Gasteiger partial charge in [-0.15, -0.1) is 0 Å². The number of hydrogen-bond acceptors (Lipinski definition) is 3. The molecule has 0 amide bonds. The third kappa shape index (κ3) is 2.12.